The number of hydrogen-bond acceptors (Lipinski definition) is 4. The van der Waals surface area contributed by atoms with Crippen LogP contribution in [0.15, 0.2) is 4.90 Å². The number of aromatic nitrogens is 2. The van der Waals surface area contributed by atoms with Crippen molar-refractivity contribution in [2.75, 3.05) is 13.7 Å². The summed E-state index contributed by atoms with van der Waals surface area (Å²) in [6, 6.07) is -0.0972. The zero-order valence-electron chi connectivity index (χ0n) is 13.1. The van der Waals surface area contributed by atoms with Crippen molar-refractivity contribution in [1.82, 2.24) is 14.1 Å². The minimum absolute atomic E-state index is 0.0698. The van der Waals surface area contributed by atoms with E-state index in [4.69, 9.17) is 5.11 Å². The van der Waals surface area contributed by atoms with Gasteiger partial charge in [0.1, 0.15) is 4.90 Å². The molecule has 1 rings (SSSR count). The highest BCUT2D eigenvalue weighted by molar-refractivity contribution is 7.89. The summed E-state index contributed by atoms with van der Waals surface area (Å²) in [7, 11) is -1.97. The van der Waals surface area contributed by atoms with E-state index in [1.807, 2.05) is 20.8 Å². The Balaban J connectivity index is 3.29. The predicted molar refractivity (Wildman–Crippen MR) is 78.0 cm³/mol. The fourth-order valence-electron chi connectivity index (χ4n) is 2.15. The number of aliphatic hydroxyl groups excluding tert-OH is 1. The van der Waals surface area contributed by atoms with Gasteiger partial charge in [-0.1, -0.05) is 13.8 Å². The highest BCUT2D eigenvalue weighted by atomic mass is 32.2. The largest absolute Gasteiger partial charge is 0.394 e. The third-order valence-corrected chi connectivity index (χ3v) is 6.00. The molecule has 1 aromatic heterocycles. The molecule has 1 atom stereocenters. The number of aryl methyl sites for hydroxylation is 1. The Morgan fingerprint density at radius 1 is 1.30 bits per heavy atom. The van der Waals surface area contributed by atoms with Crippen LogP contribution in [0.2, 0.25) is 0 Å². The van der Waals surface area contributed by atoms with Crippen molar-refractivity contribution >= 4 is 10.0 Å². The van der Waals surface area contributed by atoms with E-state index in [0.29, 0.717) is 17.9 Å². The third-order valence-electron chi connectivity index (χ3n) is 3.80. The van der Waals surface area contributed by atoms with Gasteiger partial charge >= 0.3 is 0 Å². The fraction of sp³-hybridized carbons (Fsp3) is 0.769. The molecule has 0 aromatic carbocycles. The van der Waals surface area contributed by atoms with Crippen LogP contribution in [0.3, 0.4) is 0 Å². The summed E-state index contributed by atoms with van der Waals surface area (Å²) in [5.74, 6) is 0.225. The normalized spacial score (nSPS) is 14.2. The number of hydrogen-bond donors (Lipinski definition) is 1. The van der Waals surface area contributed by atoms with Crippen LogP contribution in [0.5, 0.6) is 0 Å². The summed E-state index contributed by atoms with van der Waals surface area (Å²) < 4.78 is 28.4. The molecule has 6 nitrogen and oxygen atoms in total. The van der Waals surface area contributed by atoms with Crippen molar-refractivity contribution in [2.45, 2.75) is 52.1 Å². The summed E-state index contributed by atoms with van der Waals surface area (Å²) in [5.41, 5.74) is 1.04. The summed E-state index contributed by atoms with van der Waals surface area (Å²) in [6.07, 6.45) is 0. The average molecular weight is 303 g/mol. The molecule has 1 N–H and O–H groups in total. The van der Waals surface area contributed by atoms with Crippen LogP contribution in [0.1, 0.15) is 32.2 Å². The molecule has 1 heterocycles. The van der Waals surface area contributed by atoms with Gasteiger partial charge in [-0.2, -0.15) is 9.40 Å². The maximum absolute atomic E-state index is 12.7. The van der Waals surface area contributed by atoms with E-state index in [1.54, 1.807) is 20.9 Å². The fourth-order valence-corrected chi connectivity index (χ4v) is 4.01. The first-order valence-corrected chi connectivity index (χ1v) is 8.21. The quantitative estimate of drug-likeness (QED) is 0.855. The molecular weight excluding hydrogens is 278 g/mol. The van der Waals surface area contributed by atoms with Crippen molar-refractivity contribution < 1.29 is 13.5 Å². The molecule has 0 spiro atoms. The van der Waals surface area contributed by atoms with Crippen molar-refractivity contribution in [2.24, 2.45) is 5.92 Å². The van der Waals surface area contributed by atoms with Crippen LogP contribution < -0.4 is 0 Å². The molecule has 1 unspecified atom stereocenters. The smallest absolute Gasteiger partial charge is 0.246 e. The van der Waals surface area contributed by atoms with Gasteiger partial charge in [0.05, 0.1) is 24.5 Å². The maximum atomic E-state index is 12.7. The molecule has 0 aliphatic rings. The zero-order chi connectivity index (χ0) is 15.7. The average Bonchev–Trinajstić information content (AvgIpc) is 2.63. The van der Waals surface area contributed by atoms with Crippen LogP contribution >= 0.6 is 0 Å². The van der Waals surface area contributed by atoms with Gasteiger partial charge in [-0.15, -0.1) is 0 Å². The van der Waals surface area contributed by atoms with Crippen molar-refractivity contribution in [1.29, 1.82) is 0 Å². The topological polar surface area (TPSA) is 75.4 Å². The van der Waals surface area contributed by atoms with Crippen LogP contribution in [0, 0.1) is 19.8 Å². The molecule has 7 heteroatoms. The summed E-state index contributed by atoms with van der Waals surface area (Å²) in [6.45, 7) is 9.51. The van der Waals surface area contributed by atoms with Crippen LogP contribution in [-0.4, -0.2) is 47.3 Å². The molecule has 0 aliphatic carbocycles. The first-order valence-electron chi connectivity index (χ1n) is 6.77. The molecule has 0 amide bonds. The highest BCUT2D eigenvalue weighted by Crippen LogP contribution is 2.25. The summed E-state index contributed by atoms with van der Waals surface area (Å²) in [5, 5.41) is 13.2. The second-order valence-electron chi connectivity index (χ2n) is 5.45. The molecule has 1 aromatic rings. The Morgan fingerprint density at radius 2 is 1.85 bits per heavy atom. The van der Waals surface area contributed by atoms with E-state index in [9.17, 15) is 8.42 Å². The Morgan fingerprint density at radius 3 is 2.30 bits per heavy atom. The van der Waals surface area contributed by atoms with Crippen molar-refractivity contribution in [3.8, 4) is 0 Å². The molecule has 0 aliphatic heterocycles. The Bertz CT molecular complexity index is 564. The third kappa shape index (κ3) is 3.05. The van der Waals surface area contributed by atoms with Crippen LogP contribution in [0.4, 0.5) is 0 Å². The molecule has 0 saturated carbocycles. The molecular formula is C13H25N3O3S. The second kappa shape index (κ2) is 6.24. The highest BCUT2D eigenvalue weighted by Gasteiger charge is 2.32. The number of rotatable bonds is 6. The first-order chi connectivity index (χ1) is 9.14. The lowest BCUT2D eigenvalue weighted by atomic mass is 10.1. The molecule has 0 bridgehead atoms. The second-order valence-corrected chi connectivity index (χ2v) is 7.39. The Labute approximate surface area is 121 Å². The van der Waals surface area contributed by atoms with Crippen LogP contribution in [0.25, 0.3) is 0 Å². The van der Waals surface area contributed by atoms with Gasteiger partial charge in [0, 0.05) is 13.1 Å². The Hall–Kier alpha value is -0.920. The van der Waals surface area contributed by atoms with Gasteiger partial charge in [0.15, 0.2) is 0 Å². The molecule has 0 fully saturated rings. The molecule has 0 radical (unpaired) electrons. The maximum Gasteiger partial charge on any atom is 0.246 e. The van der Waals surface area contributed by atoms with Gasteiger partial charge in [-0.3, -0.25) is 4.68 Å². The van der Waals surface area contributed by atoms with Gasteiger partial charge in [-0.25, -0.2) is 8.42 Å². The molecule has 20 heavy (non-hydrogen) atoms. The van der Waals surface area contributed by atoms with Gasteiger partial charge in [-0.05, 0) is 26.7 Å². The lowest BCUT2D eigenvalue weighted by Gasteiger charge is -2.27. The lowest BCUT2D eigenvalue weighted by molar-refractivity contribution is 0.267. The Kier molecular flexibility index (Phi) is 5.34. The standard InChI is InChI=1S/C13H25N3O3S/c1-9(2)11(4)15(6)20(18,19)13-10(3)14-16(7-8-17)12(13)5/h9,11,17H,7-8H2,1-6H3. The molecule has 0 saturated heterocycles. The number of nitrogens with zero attached hydrogens (tertiary/aromatic N) is 3. The van der Waals surface area contributed by atoms with E-state index in [-0.39, 0.29) is 23.5 Å². The monoisotopic (exact) mass is 303 g/mol. The first kappa shape index (κ1) is 17.1. The van der Waals surface area contributed by atoms with E-state index in [0.717, 1.165) is 0 Å². The van der Waals surface area contributed by atoms with E-state index < -0.39 is 10.0 Å². The minimum atomic E-state index is -3.57. The van der Waals surface area contributed by atoms with Crippen molar-refractivity contribution in [3.05, 3.63) is 11.4 Å². The van der Waals surface area contributed by atoms with E-state index in [1.165, 1.54) is 8.99 Å². The van der Waals surface area contributed by atoms with E-state index in [2.05, 4.69) is 5.10 Å². The predicted octanol–water partition coefficient (Wildman–Crippen LogP) is 1.16. The van der Waals surface area contributed by atoms with Crippen molar-refractivity contribution in [3.63, 3.8) is 0 Å². The zero-order valence-corrected chi connectivity index (χ0v) is 13.9. The molecule has 116 valence electrons. The lowest BCUT2D eigenvalue weighted by Crippen LogP contribution is -2.38. The SMILES string of the molecule is Cc1nn(CCO)c(C)c1S(=O)(=O)N(C)C(C)C(C)C. The van der Waals surface area contributed by atoms with Gasteiger partial charge < -0.3 is 5.11 Å². The summed E-state index contributed by atoms with van der Waals surface area (Å²) >= 11 is 0. The number of sulfonamides is 1. The summed E-state index contributed by atoms with van der Waals surface area (Å²) in [4.78, 5) is 0.251. The van der Waals surface area contributed by atoms with E-state index >= 15 is 0 Å². The van der Waals surface area contributed by atoms with Gasteiger partial charge in [0.25, 0.3) is 0 Å². The van der Waals surface area contributed by atoms with Crippen LogP contribution in [-0.2, 0) is 16.6 Å². The minimum Gasteiger partial charge on any atom is -0.394 e. The van der Waals surface area contributed by atoms with Gasteiger partial charge in [0.2, 0.25) is 10.0 Å². The number of aliphatic hydroxyl groups is 1.